The van der Waals surface area contributed by atoms with Crippen molar-refractivity contribution in [2.75, 3.05) is 11.9 Å². The number of likely N-dealkylation sites (tertiary alicyclic amines) is 1. The summed E-state index contributed by atoms with van der Waals surface area (Å²) in [6.45, 7) is 9.80. The molecule has 1 saturated carbocycles. The van der Waals surface area contributed by atoms with Crippen LogP contribution in [0.5, 0.6) is 0 Å². The molecule has 1 aliphatic heterocycles. The topological polar surface area (TPSA) is 138 Å². The summed E-state index contributed by atoms with van der Waals surface area (Å²) >= 11 is 0. The zero-order chi connectivity index (χ0) is 31.8. The fraction of sp³-hybridized carbons (Fsp3) is 0.581. The van der Waals surface area contributed by atoms with E-state index in [4.69, 9.17) is 4.74 Å². The molecular weight excluding hydrogens is 575 g/mol. The number of aliphatic hydroxyl groups is 1. The number of nitrogens with zero attached hydrogens (tertiary/aromatic N) is 2. The number of anilines is 1. The molecular formula is C31H43FN4O6S. The number of aliphatic hydroxyl groups excluding tert-OH is 1. The van der Waals surface area contributed by atoms with E-state index in [1.165, 1.54) is 18.2 Å². The van der Waals surface area contributed by atoms with Gasteiger partial charge < -0.3 is 15.2 Å². The summed E-state index contributed by atoms with van der Waals surface area (Å²) in [5.41, 5.74) is -1.19. The van der Waals surface area contributed by atoms with Gasteiger partial charge in [0, 0.05) is 18.8 Å². The summed E-state index contributed by atoms with van der Waals surface area (Å²) in [5.74, 6) is -0.960. The van der Waals surface area contributed by atoms with E-state index in [1.807, 2.05) is 0 Å². The quantitative estimate of drug-likeness (QED) is 0.371. The third-order valence-electron chi connectivity index (χ3n) is 7.84. The SMILES string of the molecule is CC(C)(C)OC(=O)N1C[C@H](O)C[C@@H]1C(=O)Nc1cc(C(CCC2CC2)(NS(=O)(=O)C(C)(C)C)c2ccncc2)ccc1F. The van der Waals surface area contributed by atoms with Crippen molar-refractivity contribution < 1.29 is 32.2 Å². The van der Waals surface area contributed by atoms with Gasteiger partial charge in [-0.1, -0.05) is 18.9 Å². The highest BCUT2D eigenvalue weighted by atomic mass is 32.2. The molecule has 4 rings (SSSR count). The molecule has 0 spiro atoms. The monoisotopic (exact) mass is 618 g/mol. The van der Waals surface area contributed by atoms with E-state index < -0.39 is 55.9 Å². The molecule has 2 heterocycles. The molecule has 236 valence electrons. The number of rotatable bonds is 9. The van der Waals surface area contributed by atoms with Crippen LogP contribution < -0.4 is 10.0 Å². The number of carbonyl (C=O) groups excluding carboxylic acids is 2. The van der Waals surface area contributed by atoms with Crippen molar-refractivity contribution in [2.24, 2.45) is 5.92 Å². The van der Waals surface area contributed by atoms with Gasteiger partial charge in [0.2, 0.25) is 15.9 Å². The Labute approximate surface area is 253 Å². The first kappa shape index (κ1) is 32.8. The summed E-state index contributed by atoms with van der Waals surface area (Å²) in [4.78, 5) is 31.5. The van der Waals surface area contributed by atoms with Crippen LogP contribution in [0.1, 0.15) is 84.8 Å². The predicted molar refractivity (Wildman–Crippen MR) is 161 cm³/mol. The third kappa shape index (κ3) is 7.71. The fourth-order valence-corrected chi connectivity index (χ4v) is 6.26. The number of ether oxygens (including phenoxy) is 1. The average Bonchev–Trinajstić information content (AvgIpc) is 3.65. The smallest absolute Gasteiger partial charge is 0.411 e. The average molecular weight is 619 g/mol. The number of amides is 2. The second kappa shape index (κ2) is 12.1. The first-order valence-electron chi connectivity index (χ1n) is 14.6. The highest BCUT2D eigenvalue weighted by Crippen LogP contribution is 2.43. The van der Waals surface area contributed by atoms with E-state index in [0.29, 0.717) is 23.5 Å². The van der Waals surface area contributed by atoms with E-state index in [0.717, 1.165) is 24.2 Å². The maximum Gasteiger partial charge on any atom is 0.411 e. The largest absolute Gasteiger partial charge is 0.444 e. The van der Waals surface area contributed by atoms with Crippen LogP contribution in [-0.4, -0.2) is 64.4 Å². The van der Waals surface area contributed by atoms with Crippen molar-refractivity contribution in [1.82, 2.24) is 14.6 Å². The summed E-state index contributed by atoms with van der Waals surface area (Å²) in [6.07, 6.45) is 4.66. The van der Waals surface area contributed by atoms with Crippen LogP contribution in [0.15, 0.2) is 42.7 Å². The molecule has 2 amide bonds. The van der Waals surface area contributed by atoms with Crippen molar-refractivity contribution >= 4 is 27.7 Å². The Balaban J connectivity index is 1.74. The maximum absolute atomic E-state index is 15.3. The van der Waals surface area contributed by atoms with Crippen molar-refractivity contribution in [3.8, 4) is 0 Å². The zero-order valence-corrected chi connectivity index (χ0v) is 26.5. The molecule has 0 bridgehead atoms. The van der Waals surface area contributed by atoms with Crippen LogP contribution in [0, 0.1) is 11.7 Å². The van der Waals surface area contributed by atoms with Crippen LogP contribution >= 0.6 is 0 Å². The number of aromatic nitrogens is 1. The Kier molecular flexibility index (Phi) is 9.25. The van der Waals surface area contributed by atoms with Gasteiger partial charge in [-0.25, -0.2) is 22.3 Å². The van der Waals surface area contributed by atoms with Gasteiger partial charge >= 0.3 is 6.09 Å². The fourth-order valence-electron chi connectivity index (χ4n) is 5.16. The van der Waals surface area contributed by atoms with E-state index >= 15 is 4.39 Å². The van der Waals surface area contributed by atoms with Crippen molar-refractivity contribution in [3.05, 3.63) is 59.7 Å². The highest BCUT2D eigenvalue weighted by molar-refractivity contribution is 7.90. The number of hydrogen-bond acceptors (Lipinski definition) is 7. The Morgan fingerprint density at radius 1 is 1.07 bits per heavy atom. The summed E-state index contributed by atoms with van der Waals surface area (Å²) in [5, 5.41) is 12.9. The molecule has 43 heavy (non-hydrogen) atoms. The predicted octanol–water partition coefficient (Wildman–Crippen LogP) is 4.68. The van der Waals surface area contributed by atoms with Crippen LogP contribution in [0.25, 0.3) is 0 Å². The van der Waals surface area contributed by atoms with E-state index in [2.05, 4.69) is 15.0 Å². The Morgan fingerprint density at radius 3 is 2.30 bits per heavy atom. The van der Waals surface area contributed by atoms with Gasteiger partial charge in [-0.2, -0.15) is 0 Å². The number of sulfonamides is 1. The number of carbonyl (C=O) groups is 2. The minimum absolute atomic E-state index is 0.0416. The number of hydrogen-bond donors (Lipinski definition) is 3. The molecule has 1 unspecified atom stereocenters. The Bertz CT molecular complexity index is 1440. The molecule has 1 aromatic carbocycles. The van der Waals surface area contributed by atoms with Crippen LogP contribution in [0.3, 0.4) is 0 Å². The van der Waals surface area contributed by atoms with Gasteiger partial charge in [0.25, 0.3) is 0 Å². The number of nitrogens with one attached hydrogen (secondary N) is 2. The van der Waals surface area contributed by atoms with Crippen molar-refractivity contribution in [1.29, 1.82) is 0 Å². The second-order valence-electron chi connectivity index (χ2n) is 13.6. The van der Waals surface area contributed by atoms with Crippen molar-refractivity contribution in [2.45, 2.75) is 102 Å². The molecule has 12 heteroatoms. The molecule has 2 aromatic rings. The lowest BCUT2D eigenvalue weighted by atomic mass is 9.79. The van der Waals surface area contributed by atoms with Crippen LogP contribution in [0.2, 0.25) is 0 Å². The van der Waals surface area contributed by atoms with E-state index in [9.17, 15) is 23.1 Å². The van der Waals surface area contributed by atoms with Crippen LogP contribution in [0.4, 0.5) is 14.9 Å². The number of halogens is 1. The first-order chi connectivity index (χ1) is 19.9. The standard InChI is InChI=1S/C31H43FN4O6S/c1-29(2,3)42-28(39)36-19-23(37)18-26(36)27(38)34-25-17-22(9-10-24(25)32)31(14-11-20-7-8-20,21-12-15-33-16-13-21)35-43(40,41)30(4,5)6/h9-10,12-13,15-17,20,23,26,35,37H,7-8,11,14,18-19H2,1-6H3,(H,34,38)/t23-,26-,31?/m1/s1. The van der Waals surface area contributed by atoms with Gasteiger partial charge in [0.05, 0.1) is 28.6 Å². The lowest BCUT2D eigenvalue weighted by molar-refractivity contribution is -0.120. The van der Waals surface area contributed by atoms with Crippen molar-refractivity contribution in [3.63, 3.8) is 0 Å². The van der Waals surface area contributed by atoms with Crippen LogP contribution in [-0.2, 0) is 25.1 Å². The summed E-state index contributed by atoms with van der Waals surface area (Å²) in [6, 6.07) is 6.53. The minimum atomic E-state index is -3.91. The van der Waals surface area contributed by atoms with Gasteiger partial charge in [-0.05, 0) is 95.7 Å². The molecule has 1 aliphatic carbocycles. The lowest BCUT2D eigenvalue weighted by Crippen LogP contribution is -2.52. The third-order valence-corrected chi connectivity index (χ3v) is 10.1. The van der Waals surface area contributed by atoms with E-state index in [-0.39, 0.29) is 18.7 Å². The molecule has 10 nitrogen and oxygen atoms in total. The molecule has 1 aromatic heterocycles. The van der Waals surface area contributed by atoms with Gasteiger partial charge in [0.15, 0.2) is 0 Å². The minimum Gasteiger partial charge on any atom is -0.444 e. The molecule has 2 aliphatic rings. The molecule has 3 atom stereocenters. The van der Waals surface area contributed by atoms with Gasteiger partial charge in [0.1, 0.15) is 17.5 Å². The number of benzene rings is 1. The molecule has 1 saturated heterocycles. The van der Waals surface area contributed by atoms with Gasteiger partial charge in [-0.15, -0.1) is 0 Å². The second-order valence-corrected chi connectivity index (χ2v) is 16.0. The number of pyridine rings is 1. The molecule has 3 N–H and O–H groups in total. The zero-order valence-electron chi connectivity index (χ0n) is 25.7. The maximum atomic E-state index is 15.3. The van der Waals surface area contributed by atoms with E-state index in [1.54, 1.807) is 66.1 Å². The van der Waals surface area contributed by atoms with Gasteiger partial charge in [-0.3, -0.25) is 14.7 Å². The highest BCUT2D eigenvalue weighted by Gasteiger charge is 2.44. The number of β-amino-alcohol motifs (C(OH)–C–C–N with tert-alkyl or cyclic N) is 1. The summed E-state index contributed by atoms with van der Waals surface area (Å²) in [7, 11) is -3.91. The summed E-state index contributed by atoms with van der Waals surface area (Å²) < 4.78 is 49.9. The lowest BCUT2D eigenvalue weighted by Gasteiger charge is -2.38. The normalized spacial score (nSPS) is 20.9. The molecule has 2 fully saturated rings. The first-order valence-corrected chi connectivity index (χ1v) is 16.1. The Morgan fingerprint density at radius 2 is 1.72 bits per heavy atom. The molecule has 0 radical (unpaired) electrons. The Hall–Kier alpha value is -3.09.